The van der Waals surface area contributed by atoms with E-state index in [4.69, 9.17) is 9.47 Å². The Morgan fingerprint density at radius 3 is 2.50 bits per heavy atom. The molecule has 5 nitrogen and oxygen atoms in total. The normalized spacial score (nSPS) is 18.5. The van der Waals surface area contributed by atoms with Crippen LogP contribution < -0.4 is 9.47 Å². The average Bonchev–Trinajstić information content (AvgIpc) is 2.97. The molecule has 0 spiro atoms. The molecule has 0 radical (unpaired) electrons. The Balaban J connectivity index is 2.05. The zero-order valence-electron chi connectivity index (χ0n) is 18.0. The summed E-state index contributed by atoms with van der Waals surface area (Å²) in [4.78, 5) is 2.03. The minimum absolute atomic E-state index is 0.0156. The number of rotatable bonds is 3. The lowest BCUT2D eigenvalue weighted by atomic mass is 9.83. The molecule has 0 fully saturated rings. The number of hydrogen-bond donors (Lipinski definition) is 1. The molecule has 0 amide bonds. The smallest absolute Gasteiger partial charge is 0.173 e. The minimum atomic E-state index is -0.364. The average molecular weight is 410 g/mol. The molecule has 1 atom stereocenters. The first kappa shape index (κ1) is 20.1. The van der Waals surface area contributed by atoms with Gasteiger partial charge in [-0.1, -0.05) is 33.9 Å². The number of aliphatic hydroxyl groups excluding tert-OH is 1. The van der Waals surface area contributed by atoms with Crippen molar-refractivity contribution in [2.45, 2.75) is 33.4 Å². The summed E-state index contributed by atoms with van der Waals surface area (Å²) < 4.78 is 28.8. The molecule has 4 rings (SSSR count). The third kappa shape index (κ3) is 2.74. The van der Waals surface area contributed by atoms with Crippen molar-refractivity contribution in [3.63, 3.8) is 0 Å². The molecule has 0 aliphatic carbocycles. The summed E-state index contributed by atoms with van der Waals surface area (Å²) >= 11 is 0. The van der Waals surface area contributed by atoms with Crippen LogP contribution in [0.4, 0.5) is 4.39 Å². The van der Waals surface area contributed by atoms with Gasteiger partial charge in [0.1, 0.15) is 11.5 Å². The number of aromatic nitrogens is 1. The molecule has 6 heteroatoms. The molecule has 2 aromatic rings. The molecule has 2 aliphatic heterocycles. The number of aliphatic hydroxyl groups is 1. The van der Waals surface area contributed by atoms with E-state index in [1.54, 1.807) is 6.07 Å². The zero-order valence-corrected chi connectivity index (χ0v) is 18.0. The van der Waals surface area contributed by atoms with Crippen molar-refractivity contribution in [3.8, 4) is 11.5 Å². The maximum atomic E-state index is 15.9. The van der Waals surface area contributed by atoms with Crippen LogP contribution >= 0.6 is 0 Å². The first-order valence-electron chi connectivity index (χ1n) is 9.82. The molecule has 3 heterocycles. The van der Waals surface area contributed by atoms with Crippen LogP contribution in [0.25, 0.3) is 16.6 Å². The second kappa shape index (κ2) is 6.69. The van der Waals surface area contributed by atoms with Crippen molar-refractivity contribution >= 4 is 16.6 Å². The van der Waals surface area contributed by atoms with E-state index < -0.39 is 0 Å². The van der Waals surface area contributed by atoms with E-state index in [1.165, 1.54) is 14.2 Å². The molecular formula is C24H27FN2O3. The minimum Gasteiger partial charge on any atom is -0.508 e. The van der Waals surface area contributed by atoms with Crippen LogP contribution in [-0.4, -0.2) is 34.8 Å². The summed E-state index contributed by atoms with van der Waals surface area (Å²) in [6.07, 6.45) is 3.64. The van der Waals surface area contributed by atoms with Crippen molar-refractivity contribution in [1.82, 2.24) is 9.47 Å². The summed E-state index contributed by atoms with van der Waals surface area (Å²) in [6.45, 7) is 14.7. The number of methoxy groups -OCH3 is 2. The van der Waals surface area contributed by atoms with Crippen LogP contribution in [-0.2, 0) is 6.54 Å². The summed E-state index contributed by atoms with van der Waals surface area (Å²) in [5.74, 6) is 0.443. The molecule has 1 unspecified atom stereocenters. The highest BCUT2D eigenvalue weighted by atomic mass is 19.1. The lowest BCUT2D eigenvalue weighted by Crippen LogP contribution is -2.47. The van der Waals surface area contributed by atoms with E-state index in [2.05, 4.69) is 33.9 Å². The number of allylic oxidation sites excluding steroid dienone is 2. The number of ether oxygens (including phenoxy) is 2. The fourth-order valence-electron chi connectivity index (χ4n) is 4.42. The number of nitrogens with zero attached hydrogens (tertiary/aromatic N) is 2. The molecule has 0 saturated heterocycles. The van der Waals surface area contributed by atoms with Gasteiger partial charge < -0.3 is 24.0 Å². The van der Waals surface area contributed by atoms with E-state index >= 15 is 4.39 Å². The fraction of sp³-hybridized carbons (Fsp3) is 0.333. The van der Waals surface area contributed by atoms with Crippen molar-refractivity contribution in [2.24, 2.45) is 5.41 Å². The summed E-state index contributed by atoms with van der Waals surface area (Å²) in [6, 6.07) is 3.68. The molecular weight excluding hydrogens is 383 g/mol. The molecule has 30 heavy (non-hydrogen) atoms. The molecule has 1 aromatic heterocycles. The predicted molar refractivity (Wildman–Crippen MR) is 117 cm³/mol. The van der Waals surface area contributed by atoms with Gasteiger partial charge in [-0.3, -0.25) is 0 Å². The van der Waals surface area contributed by atoms with Crippen molar-refractivity contribution in [1.29, 1.82) is 0 Å². The highest BCUT2D eigenvalue weighted by Gasteiger charge is 2.41. The quantitative estimate of drug-likeness (QED) is 0.689. The van der Waals surface area contributed by atoms with Crippen LogP contribution in [0.15, 0.2) is 54.5 Å². The fourth-order valence-corrected chi connectivity index (χ4v) is 4.42. The lowest BCUT2D eigenvalue weighted by molar-refractivity contribution is 0.162. The molecule has 1 N–H and O–H groups in total. The summed E-state index contributed by atoms with van der Waals surface area (Å²) in [7, 11) is 3.05. The number of fused-ring (bicyclic) bond motifs is 5. The Bertz CT molecular complexity index is 1150. The van der Waals surface area contributed by atoms with E-state index in [-0.39, 0.29) is 23.0 Å². The van der Waals surface area contributed by atoms with Crippen molar-refractivity contribution in [2.75, 3.05) is 14.2 Å². The first-order chi connectivity index (χ1) is 14.1. The van der Waals surface area contributed by atoms with E-state index in [9.17, 15) is 5.11 Å². The number of halogens is 1. The van der Waals surface area contributed by atoms with Crippen molar-refractivity contribution in [3.05, 3.63) is 66.0 Å². The van der Waals surface area contributed by atoms with Crippen LogP contribution in [0.1, 0.15) is 26.5 Å². The van der Waals surface area contributed by atoms with Gasteiger partial charge >= 0.3 is 0 Å². The third-order valence-electron chi connectivity index (χ3n) is 5.96. The van der Waals surface area contributed by atoms with Crippen LogP contribution in [0.2, 0.25) is 0 Å². The van der Waals surface area contributed by atoms with Gasteiger partial charge in [0.25, 0.3) is 0 Å². The zero-order chi connectivity index (χ0) is 22.0. The Morgan fingerprint density at radius 2 is 1.93 bits per heavy atom. The highest BCUT2D eigenvalue weighted by molar-refractivity contribution is 5.94. The third-order valence-corrected chi connectivity index (χ3v) is 5.96. The number of hydrogen-bond acceptors (Lipinski definition) is 4. The second-order valence-corrected chi connectivity index (χ2v) is 8.80. The van der Waals surface area contributed by atoms with Gasteiger partial charge in [0, 0.05) is 18.3 Å². The van der Waals surface area contributed by atoms with Gasteiger partial charge in [-0.15, -0.1) is 0 Å². The van der Waals surface area contributed by atoms with Crippen LogP contribution in [0.3, 0.4) is 0 Å². The predicted octanol–water partition coefficient (Wildman–Crippen LogP) is 5.39. The van der Waals surface area contributed by atoms with Gasteiger partial charge in [0.2, 0.25) is 0 Å². The second-order valence-electron chi connectivity index (χ2n) is 8.80. The van der Waals surface area contributed by atoms with E-state index in [0.717, 1.165) is 5.52 Å². The summed E-state index contributed by atoms with van der Waals surface area (Å²) in [5.41, 5.74) is 2.93. The molecule has 0 saturated carbocycles. The monoisotopic (exact) mass is 410 g/mol. The SMILES string of the molecule is C=C(O)C1=CN2C(=CC1=C)c1c(F)c3c(OC)c(OC)ccc3n1CC2C(C)(C)C. The van der Waals surface area contributed by atoms with Gasteiger partial charge in [-0.05, 0) is 29.2 Å². The van der Waals surface area contributed by atoms with Crippen LogP contribution in [0.5, 0.6) is 11.5 Å². The van der Waals surface area contributed by atoms with Crippen molar-refractivity contribution < 1.29 is 19.0 Å². The van der Waals surface area contributed by atoms with Gasteiger partial charge in [0.15, 0.2) is 17.3 Å². The highest BCUT2D eigenvalue weighted by Crippen LogP contribution is 2.47. The Labute approximate surface area is 176 Å². The summed E-state index contributed by atoms with van der Waals surface area (Å²) in [5, 5.41) is 10.4. The Kier molecular flexibility index (Phi) is 4.49. The topological polar surface area (TPSA) is 46.9 Å². The lowest BCUT2D eigenvalue weighted by Gasteiger charge is -2.46. The van der Waals surface area contributed by atoms with Gasteiger partial charge in [0.05, 0.1) is 36.9 Å². The van der Waals surface area contributed by atoms with Gasteiger partial charge in [-0.2, -0.15) is 0 Å². The Morgan fingerprint density at radius 1 is 1.23 bits per heavy atom. The van der Waals surface area contributed by atoms with E-state index in [1.807, 2.05) is 27.8 Å². The first-order valence-corrected chi connectivity index (χ1v) is 9.82. The molecule has 1 aromatic carbocycles. The standard InChI is InChI=1S/C24H27FN2O3/c1-13-10-17-22-21(25)20-16(8-9-18(29-6)23(20)30-7)27(22)12-19(24(3,4)5)26(17)11-15(13)14(2)28/h8-11,19,28H,1-2,12H2,3-7H3. The molecule has 158 valence electrons. The van der Waals surface area contributed by atoms with Crippen LogP contribution in [0, 0.1) is 11.2 Å². The molecule has 0 bridgehead atoms. The molecule has 2 aliphatic rings. The number of benzene rings is 1. The van der Waals surface area contributed by atoms with Gasteiger partial charge in [-0.25, -0.2) is 4.39 Å². The van der Waals surface area contributed by atoms with E-state index in [0.29, 0.717) is 46.0 Å². The maximum absolute atomic E-state index is 15.9. The Hall–Kier alpha value is -3.15. The largest absolute Gasteiger partial charge is 0.508 e. The maximum Gasteiger partial charge on any atom is 0.173 e.